The van der Waals surface area contributed by atoms with Crippen LogP contribution in [0.2, 0.25) is 0 Å². The van der Waals surface area contributed by atoms with Crippen molar-refractivity contribution in [2.45, 2.75) is 132 Å². The number of rotatable bonds is 8. The predicted molar refractivity (Wildman–Crippen MR) is 162 cm³/mol. The Morgan fingerprint density at radius 2 is 0.958 bits per heavy atom. The van der Waals surface area contributed by atoms with E-state index in [9.17, 15) is 41.9 Å². The lowest BCUT2D eigenvalue weighted by Crippen LogP contribution is -2.74. The van der Waals surface area contributed by atoms with E-state index < -0.39 is 106 Å². The molecule has 1 fully saturated rings. The van der Waals surface area contributed by atoms with E-state index in [1.54, 1.807) is 5.32 Å². The zero-order chi connectivity index (χ0) is 38.0. The van der Waals surface area contributed by atoms with E-state index in [-0.39, 0.29) is 0 Å². The van der Waals surface area contributed by atoms with Crippen molar-refractivity contribution in [3.05, 3.63) is 0 Å². The Kier molecular flexibility index (Phi) is 12.9. The first kappa shape index (κ1) is 42.6. The third kappa shape index (κ3) is 10.8. The number of esters is 5. The summed E-state index contributed by atoms with van der Waals surface area (Å²) in [5.41, 5.74) is -7.56. The van der Waals surface area contributed by atoms with Gasteiger partial charge in [-0.2, -0.15) is 13.2 Å². The quantitative estimate of drug-likeness (QED) is 0.288. The predicted octanol–water partition coefficient (Wildman–Crippen LogP) is 3.83. The van der Waals surface area contributed by atoms with Crippen molar-refractivity contribution >= 4 is 35.8 Å². The van der Waals surface area contributed by atoms with Crippen LogP contribution in [0.15, 0.2) is 0 Å². The lowest BCUT2D eigenvalue weighted by atomic mass is 9.82. The number of carbonyl (C=O) groups is 6. The van der Waals surface area contributed by atoms with E-state index in [4.69, 9.17) is 28.4 Å². The minimum atomic E-state index is -5.51. The van der Waals surface area contributed by atoms with E-state index in [1.807, 2.05) is 0 Å². The molecule has 0 saturated carbocycles. The van der Waals surface area contributed by atoms with Gasteiger partial charge in [-0.1, -0.05) is 0 Å². The van der Waals surface area contributed by atoms with Gasteiger partial charge in [0.15, 0.2) is 23.9 Å². The fourth-order valence-electron chi connectivity index (χ4n) is 3.95. The molecule has 276 valence electrons. The van der Waals surface area contributed by atoms with E-state index in [2.05, 4.69) is 0 Å². The second kappa shape index (κ2) is 14.6. The first-order valence-corrected chi connectivity index (χ1v) is 15.2. The number of ether oxygens (including phenoxy) is 6. The van der Waals surface area contributed by atoms with Crippen molar-refractivity contribution in [3.8, 4) is 0 Å². The number of amides is 1. The van der Waals surface area contributed by atoms with Crippen LogP contribution in [0.1, 0.15) is 90.0 Å². The summed E-state index contributed by atoms with van der Waals surface area (Å²) in [6, 6.07) is 0. The Balaban J connectivity index is 4.20. The van der Waals surface area contributed by atoms with Gasteiger partial charge < -0.3 is 33.7 Å². The van der Waals surface area contributed by atoms with Crippen LogP contribution in [0.25, 0.3) is 0 Å². The fraction of sp³-hybridized carbons (Fsp3) is 0.812. The second-order valence-electron chi connectivity index (χ2n) is 15.9. The molecule has 1 heterocycles. The number of carbonyl (C=O) groups excluding carboxylic acids is 6. The number of hydrogen-bond donors (Lipinski definition) is 1. The summed E-state index contributed by atoms with van der Waals surface area (Å²) in [5.74, 6) is -7.63. The van der Waals surface area contributed by atoms with Gasteiger partial charge in [-0.3, -0.25) is 24.0 Å². The molecular weight excluding hydrogens is 647 g/mol. The average Bonchev–Trinajstić information content (AvgIpc) is 2.90. The lowest BCUT2D eigenvalue weighted by Gasteiger charge is -2.50. The second-order valence-corrected chi connectivity index (χ2v) is 15.9. The molecule has 1 N–H and O–H groups in total. The van der Waals surface area contributed by atoms with Crippen molar-refractivity contribution in [1.82, 2.24) is 5.32 Å². The molecule has 0 aromatic rings. The summed E-state index contributed by atoms with van der Waals surface area (Å²) >= 11 is 0. The normalized spacial score (nSPS) is 23.6. The van der Waals surface area contributed by atoms with E-state index in [0.717, 1.165) is 14.0 Å². The minimum absolute atomic E-state index is 0.747. The fourth-order valence-corrected chi connectivity index (χ4v) is 3.95. The van der Waals surface area contributed by atoms with Crippen LogP contribution >= 0.6 is 0 Å². The molecule has 0 spiro atoms. The molecule has 0 radical (unpaired) electrons. The molecule has 48 heavy (non-hydrogen) atoms. The van der Waals surface area contributed by atoms with Crippen LogP contribution in [0.4, 0.5) is 13.2 Å². The van der Waals surface area contributed by atoms with Crippen LogP contribution in [0.3, 0.4) is 0 Å². The molecule has 6 atom stereocenters. The molecule has 0 aromatic carbocycles. The molecule has 0 aliphatic carbocycles. The number of hydrogen-bond acceptors (Lipinski definition) is 12. The van der Waals surface area contributed by atoms with E-state index in [0.29, 0.717) is 0 Å². The van der Waals surface area contributed by atoms with Crippen molar-refractivity contribution < 1.29 is 70.4 Å². The third-order valence-corrected chi connectivity index (χ3v) is 7.00. The monoisotopic (exact) mass is 697 g/mol. The zero-order valence-electron chi connectivity index (χ0n) is 30.1. The van der Waals surface area contributed by atoms with Crippen molar-refractivity contribution in [2.24, 2.45) is 21.7 Å². The molecule has 13 nitrogen and oxygen atoms in total. The zero-order valence-corrected chi connectivity index (χ0v) is 30.1. The summed E-state index contributed by atoms with van der Waals surface area (Å²) in [4.78, 5) is 78.5. The molecule has 1 amide bonds. The van der Waals surface area contributed by atoms with Gasteiger partial charge in [0.1, 0.15) is 18.8 Å². The first-order chi connectivity index (χ1) is 21.3. The molecule has 1 rings (SSSR count). The van der Waals surface area contributed by atoms with Crippen molar-refractivity contribution in [2.75, 3.05) is 13.7 Å². The van der Waals surface area contributed by atoms with Crippen LogP contribution < -0.4 is 5.32 Å². The van der Waals surface area contributed by atoms with Crippen molar-refractivity contribution in [1.29, 1.82) is 0 Å². The van der Waals surface area contributed by atoms with Gasteiger partial charge in [0.2, 0.25) is 0 Å². The van der Waals surface area contributed by atoms with E-state index >= 15 is 0 Å². The van der Waals surface area contributed by atoms with Gasteiger partial charge in [0.25, 0.3) is 0 Å². The summed E-state index contributed by atoms with van der Waals surface area (Å²) in [5, 5.41) is 1.58. The molecule has 0 bridgehead atoms. The SMILES string of the molecule is COC(=O)[C@](C)(NC(=O)C(F)(F)F)[C@H]1O[C@H](COC(=O)C(C)(C)C)[C@@H](OC(=O)C(C)(C)C)[C@H](OC(=O)C(C)(C)C)[C@H]1OC(=O)C(C)(C)C. The van der Waals surface area contributed by atoms with E-state index in [1.165, 1.54) is 83.1 Å². The van der Waals surface area contributed by atoms with Crippen molar-refractivity contribution in [3.63, 3.8) is 0 Å². The minimum Gasteiger partial charge on any atom is -0.467 e. The Bertz CT molecular complexity index is 1240. The van der Waals surface area contributed by atoms with Gasteiger partial charge in [0.05, 0.1) is 28.8 Å². The molecule has 1 aliphatic heterocycles. The summed E-state index contributed by atoms with van der Waals surface area (Å²) < 4.78 is 74.4. The van der Waals surface area contributed by atoms with Crippen LogP contribution in [-0.4, -0.2) is 91.7 Å². The molecule has 16 heteroatoms. The smallest absolute Gasteiger partial charge is 0.467 e. The number of halogens is 3. The molecule has 0 unspecified atom stereocenters. The van der Waals surface area contributed by atoms with Crippen LogP contribution in [0.5, 0.6) is 0 Å². The molecule has 1 saturated heterocycles. The third-order valence-electron chi connectivity index (χ3n) is 7.00. The van der Waals surface area contributed by atoms with Gasteiger partial charge >= 0.3 is 41.9 Å². The van der Waals surface area contributed by atoms with Gasteiger partial charge in [0, 0.05) is 0 Å². The molecule has 1 aliphatic rings. The standard InChI is InChI=1S/C32H50F3NO12/c1-27(2,3)22(38)44-15-16-17(46-23(39)28(4,5)6)18(47-24(40)29(7,8)9)19(48-25(41)30(10,11)12)20(45-16)31(13,26(42)43-14)36-21(37)32(33,34)35/h16-20H,15H2,1-14H3,(H,36,37)/t16-,17-,18+,19-,20+,31-/m1/s1. The van der Waals surface area contributed by atoms with Gasteiger partial charge in [-0.25, -0.2) is 4.79 Å². The highest BCUT2D eigenvalue weighted by molar-refractivity contribution is 5.91. The Labute approximate surface area is 279 Å². The Morgan fingerprint density at radius 3 is 1.31 bits per heavy atom. The maximum Gasteiger partial charge on any atom is 0.471 e. The highest BCUT2D eigenvalue weighted by Crippen LogP contribution is 2.38. The molecular formula is C32H50F3NO12. The van der Waals surface area contributed by atoms with Crippen LogP contribution in [0, 0.1) is 21.7 Å². The summed E-state index contributed by atoms with van der Waals surface area (Å²) in [7, 11) is 0.826. The first-order valence-electron chi connectivity index (χ1n) is 15.2. The topological polar surface area (TPSA) is 170 Å². The number of nitrogens with one attached hydrogen (secondary N) is 1. The Morgan fingerprint density at radius 1 is 0.583 bits per heavy atom. The largest absolute Gasteiger partial charge is 0.471 e. The van der Waals surface area contributed by atoms with Crippen LogP contribution in [-0.2, 0) is 57.2 Å². The average molecular weight is 698 g/mol. The molecule has 0 aromatic heterocycles. The Hall–Kier alpha value is -3.43. The maximum absolute atomic E-state index is 13.6. The highest BCUT2D eigenvalue weighted by atomic mass is 19.4. The summed E-state index contributed by atoms with van der Waals surface area (Å²) in [6.07, 6.45) is -14.9. The number of alkyl halides is 3. The summed E-state index contributed by atoms with van der Waals surface area (Å²) in [6.45, 7) is 18.0. The number of methoxy groups -OCH3 is 1. The van der Waals surface area contributed by atoms with Gasteiger partial charge in [-0.05, 0) is 90.0 Å². The lowest BCUT2D eigenvalue weighted by molar-refractivity contribution is -0.271. The maximum atomic E-state index is 13.6. The highest BCUT2D eigenvalue weighted by Gasteiger charge is 2.63. The van der Waals surface area contributed by atoms with Gasteiger partial charge in [-0.15, -0.1) is 0 Å².